The van der Waals surface area contributed by atoms with E-state index < -0.39 is 0 Å². The number of hydrogen-bond acceptors (Lipinski definition) is 2. The fraction of sp³-hybridized carbons (Fsp3) is 0.167. The molecule has 1 aromatic heterocycles. The molecule has 1 atom stereocenters. The van der Waals surface area contributed by atoms with E-state index in [0.29, 0.717) is 10.0 Å². The highest BCUT2D eigenvalue weighted by Crippen LogP contribution is 2.28. The van der Waals surface area contributed by atoms with Crippen LogP contribution in [0.15, 0.2) is 41.2 Å². The van der Waals surface area contributed by atoms with Crippen LogP contribution in [0.1, 0.15) is 17.2 Å². The third kappa shape index (κ3) is 2.24. The molecule has 1 unspecified atom stereocenters. The highest BCUT2D eigenvalue weighted by atomic mass is 35.5. The molecule has 2 rings (SSSR count). The molecule has 0 fully saturated rings. The molecule has 0 aliphatic carbocycles. The second-order valence-corrected chi connectivity index (χ2v) is 4.27. The van der Waals surface area contributed by atoms with Gasteiger partial charge in [0, 0.05) is 5.56 Å². The summed E-state index contributed by atoms with van der Waals surface area (Å²) in [5, 5.41) is 4.33. The molecule has 0 saturated heterocycles. The first-order valence-electron chi connectivity index (χ1n) is 4.86. The van der Waals surface area contributed by atoms with E-state index in [9.17, 15) is 0 Å². The van der Waals surface area contributed by atoms with Crippen molar-refractivity contribution in [2.75, 3.05) is 7.05 Å². The first-order chi connectivity index (χ1) is 7.72. The number of furan rings is 1. The van der Waals surface area contributed by atoms with E-state index >= 15 is 0 Å². The molecule has 2 aromatic rings. The number of rotatable bonds is 3. The minimum Gasteiger partial charge on any atom is -0.472 e. The van der Waals surface area contributed by atoms with Crippen LogP contribution in [0.3, 0.4) is 0 Å². The van der Waals surface area contributed by atoms with Crippen LogP contribution in [0, 0.1) is 0 Å². The van der Waals surface area contributed by atoms with Gasteiger partial charge in [0.25, 0.3) is 0 Å². The Morgan fingerprint density at radius 1 is 1.12 bits per heavy atom. The predicted molar refractivity (Wildman–Crippen MR) is 66.1 cm³/mol. The van der Waals surface area contributed by atoms with E-state index in [1.54, 1.807) is 18.6 Å². The molecular formula is C12H11Cl2NO. The van der Waals surface area contributed by atoms with Crippen molar-refractivity contribution in [1.82, 2.24) is 5.32 Å². The molecule has 0 saturated carbocycles. The van der Waals surface area contributed by atoms with Gasteiger partial charge in [-0.15, -0.1) is 0 Å². The second-order valence-electron chi connectivity index (χ2n) is 3.45. The molecule has 0 bridgehead atoms. The van der Waals surface area contributed by atoms with Crippen molar-refractivity contribution < 1.29 is 4.42 Å². The van der Waals surface area contributed by atoms with E-state index in [-0.39, 0.29) is 6.04 Å². The molecule has 0 aliphatic heterocycles. The zero-order valence-corrected chi connectivity index (χ0v) is 10.2. The predicted octanol–water partition coefficient (Wildman–Crippen LogP) is 3.90. The lowest BCUT2D eigenvalue weighted by Gasteiger charge is -2.15. The molecule has 0 aliphatic rings. The molecule has 0 radical (unpaired) electrons. The van der Waals surface area contributed by atoms with Crippen LogP contribution in [-0.2, 0) is 0 Å². The standard InChI is InChI=1S/C12H11Cl2NO/c1-15-12(9-4-5-16-7-9)8-2-3-10(13)11(14)6-8/h2-7,12,15H,1H3. The Bertz CT molecular complexity index is 468. The van der Waals surface area contributed by atoms with Crippen molar-refractivity contribution in [3.05, 3.63) is 58.0 Å². The topological polar surface area (TPSA) is 25.2 Å². The summed E-state index contributed by atoms with van der Waals surface area (Å²) in [6.07, 6.45) is 3.36. The summed E-state index contributed by atoms with van der Waals surface area (Å²) in [6, 6.07) is 7.59. The monoisotopic (exact) mass is 255 g/mol. The van der Waals surface area contributed by atoms with Gasteiger partial charge >= 0.3 is 0 Å². The van der Waals surface area contributed by atoms with Crippen LogP contribution in [-0.4, -0.2) is 7.05 Å². The maximum Gasteiger partial charge on any atom is 0.0953 e. The quantitative estimate of drug-likeness (QED) is 0.901. The molecule has 0 spiro atoms. The minimum atomic E-state index is 0.0634. The van der Waals surface area contributed by atoms with Gasteiger partial charge in [-0.25, -0.2) is 0 Å². The lowest BCUT2D eigenvalue weighted by atomic mass is 10.0. The van der Waals surface area contributed by atoms with Crippen molar-refractivity contribution in [2.45, 2.75) is 6.04 Å². The smallest absolute Gasteiger partial charge is 0.0953 e. The summed E-state index contributed by atoms with van der Waals surface area (Å²) in [5.41, 5.74) is 2.11. The van der Waals surface area contributed by atoms with Gasteiger partial charge in [0.2, 0.25) is 0 Å². The Morgan fingerprint density at radius 3 is 2.50 bits per heavy atom. The zero-order valence-electron chi connectivity index (χ0n) is 8.71. The minimum absolute atomic E-state index is 0.0634. The van der Waals surface area contributed by atoms with Gasteiger partial charge in [-0.2, -0.15) is 0 Å². The summed E-state index contributed by atoms with van der Waals surface area (Å²) < 4.78 is 5.07. The number of benzene rings is 1. The zero-order chi connectivity index (χ0) is 11.5. The number of hydrogen-bond donors (Lipinski definition) is 1. The number of halogens is 2. The average molecular weight is 256 g/mol. The first kappa shape index (κ1) is 11.5. The van der Waals surface area contributed by atoms with Crippen molar-refractivity contribution in [3.8, 4) is 0 Å². The fourth-order valence-electron chi connectivity index (χ4n) is 1.66. The Morgan fingerprint density at radius 2 is 1.94 bits per heavy atom. The van der Waals surface area contributed by atoms with Crippen molar-refractivity contribution in [1.29, 1.82) is 0 Å². The van der Waals surface area contributed by atoms with Gasteiger partial charge in [0.15, 0.2) is 0 Å². The van der Waals surface area contributed by atoms with Crippen LogP contribution < -0.4 is 5.32 Å². The summed E-state index contributed by atoms with van der Waals surface area (Å²) >= 11 is 11.9. The van der Waals surface area contributed by atoms with Gasteiger partial charge in [0.1, 0.15) is 0 Å². The molecule has 2 nitrogen and oxygen atoms in total. The van der Waals surface area contributed by atoms with Gasteiger partial charge in [-0.3, -0.25) is 0 Å². The van der Waals surface area contributed by atoms with Crippen molar-refractivity contribution in [3.63, 3.8) is 0 Å². The van der Waals surface area contributed by atoms with E-state index in [1.165, 1.54) is 0 Å². The highest BCUT2D eigenvalue weighted by molar-refractivity contribution is 6.42. The largest absolute Gasteiger partial charge is 0.472 e. The molecule has 0 amide bonds. The Labute approximate surface area is 104 Å². The van der Waals surface area contributed by atoms with E-state index in [2.05, 4.69) is 5.32 Å². The Kier molecular flexibility index (Phi) is 3.54. The Balaban J connectivity index is 2.37. The summed E-state index contributed by atoms with van der Waals surface area (Å²) in [6.45, 7) is 0. The van der Waals surface area contributed by atoms with E-state index in [1.807, 2.05) is 25.2 Å². The maximum absolute atomic E-state index is 5.99. The first-order valence-corrected chi connectivity index (χ1v) is 5.62. The van der Waals surface area contributed by atoms with Crippen LogP contribution in [0.2, 0.25) is 10.0 Å². The summed E-state index contributed by atoms with van der Waals surface area (Å²) in [4.78, 5) is 0. The SMILES string of the molecule is CNC(c1ccoc1)c1ccc(Cl)c(Cl)c1. The summed E-state index contributed by atoms with van der Waals surface area (Å²) in [5.74, 6) is 0. The molecule has 16 heavy (non-hydrogen) atoms. The molecule has 1 heterocycles. The highest BCUT2D eigenvalue weighted by Gasteiger charge is 2.13. The normalized spacial score (nSPS) is 12.7. The number of nitrogens with one attached hydrogen (secondary N) is 1. The third-order valence-electron chi connectivity index (χ3n) is 2.44. The maximum atomic E-state index is 5.99. The molecular weight excluding hydrogens is 245 g/mol. The van der Waals surface area contributed by atoms with Gasteiger partial charge in [-0.05, 0) is 30.8 Å². The molecule has 1 N–H and O–H groups in total. The average Bonchev–Trinajstić information content (AvgIpc) is 2.78. The lowest BCUT2D eigenvalue weighted by molar-refractivity contribution is 0.557. The lowest BCUT2D eigenvalue weighted by Crippen LogP contribution is -2.16. The van der Waals surface area contributed by atoms with Gasteiger partial charge in [-0.1, -0.05) is 29.3 Å². The van der Waals surface area contributed by atoms with Gasteiger partial charge in [0.05, 0.1) is 28.6 Å². The van der Waals surface area contributed by atoms with Crippen molar-refractivity contribution in [2.24, 2.45) is 0 Å². The summed E-state index contributed by atoms with van der Waals surface area (Å²) in [7, 11) is 1.89. The fourth-order valence-corrected chi connectivity index (χ4v) is 1.96. The van der Waals surface area contributed by atoms with Crippen LogP contribution >= 0.6 is 23.2 Å². The van der Waals surface area contributed by atoms with Crippen LogP contribution in [0.4, 0.5) is 0 Å². The van der Waals surface area contributed by atoms with Gasteiger partial charge < -0.3 is 9.73 Å². The molecule has 84 valence electrons. The van der Waals surface area contributed by atoms with Crippen molar-refractivity contribution >= 4 is 23.2 Å². The second kappa shape index (κ2) is 4.91. The Hall–Kier alpha value is -0.960. The molecule has 1 aromatic carbocycles. The van der Waals surface area contributed by atoms with Crippen LogP contribution in [0.25, 0.3) is 0 Å². The van der Waals surface area contributed by atoms with E-state index in [4.69, 9.17) is 27.6 Å². The molecule has 4 heteroatoms. The third-order valence-corrected chi connectivity index (χ3v) is 3.18. The van der Waals surface area contributed by atoms with E-state index in [0.717, 1.165) is 11.1 Å². The van der Waals surface area contributed by atoms with Crippen LogP contribution in [0.5, 0.6) is 0 Å².